The van der Waals surface area contributed by atoms with Gasteiger partial charge in [-0.25, -0.2) is 18.2 Å². The summed E-state index contributed by atoms with van der Waals surface area (Å²) in [5.74, 6) is -3.22. The number of anilines is 1. The fourth-order valence-electron chi connectivity index (χ4n) is 1.80. The Kier molecular flexibility index (Phi) is 3.76. The van der Waals surface area contributed by atoms with Crippen molar-refractivity contribution < 1.29 is 18.0 Å². The van der Waals surface area contributed by atoms with Crippen LogP contribution in [0.4, 0.5) is 18.3 Å². The minimum Gasteiger partial charge on any atom is -0.298 e. The van der Waals surface area contributed by atoms with E-state index in [0.29, 0.717) is 0 Å². The summed E-state index contributed by atoms with van der Waals surface area (Å²) in [6.45, 7) is 0. The van der Waals surface area contributed by atoms with Crippen LogP contribution in [0.1, 0.15) is 10.4 Å². The first kappa shape index (κ1) is 14.8. The predicted octanol–water partition coefficient (Wildman–Crippen LogP) is 4.62. The number of carbonyl (C=O) groups is 1. The van der Waals surface area contributed by atoms with E-state index in [0.717, 1.165) is 23.5 Å². The molecular weight excluding hydrogens is 337 g/mol. The van der Waals surface area contributed by atoms with Gasteiger partial charge in [0.25, 0.3) is 5.91 Å². The fourth-order valence-corrected chi connectivity index (χ4v) is 2.86. The SMILES string of the molecule is O=C(Nc1nc2ccc(F)c(F)c2s1)c1ccc(F)c(Cl)c1. The molecule has 22 heavy (non-hydrogen) atoms. The van der Waals surface area contributed by atoms with Crippen LogP contribution in [0.3, 0.4) is 0 Å². The van der Waals surface area contributed by atoms with Crippen molar-refractivity contribution in [3.63, 3.8) is 0 Å². The summed E-state index contributed by atoms with van der Waals surface area (Å²) in [4.78, 5) is 16.0. The molecule has 1 heterocycles. The highest BCUT2D eigenvalue weighted by molar-refractivity contribution is 7.22. The Labute approximate surface area is 131 Å². The molecule has 0 bridgehead atoms. The zero-order chi connectivity index (χ0) is 15.9. The average Bonchev–Trinajstić information content (AvgIpc) is 2.89. The maximum Gasteiger partial charge on any atom is 0.257 e. The Hall–Kier alpha value is -2.12. The molecule has 0 aliphatic rings. The highest BCUT2D eigenvalue weighted by Gasteiger charge is 2.15. The molecule has 3 rings (SSSR count). The van der Waals surface area contributed by atoms with Crippen LogP contribution >= 0.6 is 22.9 Å². The molecule has 112 valence electrons. The van der Waals surface area contributed by atoms with E-state index in [-0.39, 0.29) is 25.9 Å². The van der Waals surface area contributed by atoms with Gasteiger partial charge in [0.15, 0.2) is 16.8 Å². The van der Waals surface area contributed by atoms with Crippen molar-refractivity contribution in [1.29, 1.82) is 0 Å². The number of fused-ring (bicyclic) bond motifs is 1. The Morgan fingerprint density at radius 1 is 1.14 bits per heavy atom. The van der Waals surface area contributed by atoms with Gasteiger partial charge in [0.2, 0.25) is 0 Å². The van der Waals surface area contributed by atoms with Crippen LogP contribution in [0.25, 0.3) is 10.2 Å². The second-order valence-corrected chi connectivity index (χ2v) is 5.72. The molecule has 1 amide bonds. The third-order valence-corrected chi connectivity index (χ3v) is 4.12. The Morgan fingerprint density at radius 3 is 2.59 bits per heavy atom. The number of rotatable bonds is 2. The van der Waals surface area contributed by atoms with Gasteiger partial charge in [0.05, 0.1) is 15.2 Å². The lowest BCUT2D eigenvalue weighted by Crippen LogP contribution is -2.11. The van der Waals surface area contributed by atoms with Crippen molar-refractivity contribution in [2.75, 3.05) is 5.32 Å². The van der Waals surface area contributed by atoms with E-state index in [4.69, 9.17) is 11.6 Å². The molecule has 0 saturated heterocycles. The zero-order valence-electron chi connectivity index (χ0n) is 10.7. The van der Waals surface area contributed by atoms with Crippen LogP contribution in [0, 0.1) is 17.5 Å². The maximum absolute atomic E-state index is 13.6. The van der Waals surface area contributed by atoms with Gasteiger partial charge in [-0.3, -0.25) is 10.1 Å². The summed E-state index contributed by atoms with van der Waals surface area (Å²) in [5.41, 5.74) is 0.355. The number of benzene rings is 2. The van der Waals surface area contributed by atoms with Gasteiger partial charge >= 0.3 is 0 Å². The molecule has 3 aromatic rings. The monoisotopic (exact) mass is 342 g/mol. The number of nitrogens with zero attached hydrogens (tertiary/aromatic N) is 1. The van der Waals surface area contributed by atoms with E-state index in [2.05, 4.69) is 10.3 Å². The van der Waals surface area contributed by atoms with E-state index in [1.165, 1.54) is 18.2 Å². The lowest BCUT2D eigenvalue weighted by Gasteiger charge is -2.02. The Bertz CT molecular complexity index is 897. The lowest BCUT2D eigenvalue weighted by molar-refractivity contribution is 0.102. The van der Waals surface area contributed by atoms with Gasteiger partial charge in [-0.1, -0.05) is 22.9 Å². The largest absolute Gasteiger partial charge is 0.298 e. The minimum absolute atomic E-state index is 0.00689. The number of aromatic nitrogens is 1. The topological polar surface area (TPSA) is 42.0 Å². The number of hydrogen-bond acceptors (Lipinski definition) is 3. The van der Waals surface area contributed by atoms with Crippen LogP contribution in [-0.2, 0) is 0 Å². The first-order chi connectivity index (χ1) is 10.5. The van der Waals surface area contributed by atoms with Gasteiger partial charge in [-0.15, -0.1) is 0 Å². The average molecular weight is 343 g/mol. The maximum atomic E-state index is 13.6. The first-order valence-electron chi connectivity index (χ1n) is 5.96. The summed E-state index contributed by atoms with van der Waals surface area (Å²) in [5, 5.41) is 2.35. The molecule has 0 atom stereocenters. The number of carbonyl (C=O) groups excluding carboxylic acids is 1. The quantitative estimate of drug-likeness (QED) is 0.738. The van der Waals surface area contributed by atoms with E-state index >= 15 is 0 Å². The third kappa shape index (κ3) is 2.65. The molecule has 3 nitrogen and oxygen atoms in total. The van der Waals surface area contributed by atoms with Crippen molar-refractivity contribution in [3.8, 4) is 0 Å². The van der Waals surface area contributed by atoms with E-state index in [1.807, 2.05) is 0 Å². The van der Waals surface area contributed by atoms with Gasteiger partial charge in [-0.05, 0) is 30.3 Å². The highest BCUT2D eigenvalue weighted by atomic mass is 35.5. The third-order valence-electron chi connectivity index (χ3n) is 2.85. The van der Waals surface area contributed by atoms with Crippen molar-refractivity contribution >= 4 is 44.2 Å². The summed E-state index contributed by atoms with van der Waals surface area (Å²) in [6, 6.07) is 5.76. The number of amides is 1. The molecule has 0 aliphatic heterocycles. The van der Waals surface area contributed by atoms with Gasteiger partial charge < -0.3 is 0 Å². The van der Waals surface area contributed by atoms with Crippen LogP contribution in [0.5, 0.6) is 0 Å². The van der Waals surface area contributed by atoms with Crippen LogP contribution in [0.15, 0.2) is 30.3 Å². The fraction of sp³-hybridized carbons (Fsp3) is 0. The number of hydrogen-bond donors (Lipinski definition) is 1. The van der Waals surface area contributed by atoms with E-state index in [9.17, 15) is 18.0 Å². The predicted molar refractivity (Wildman–Crippen MR) is 78.9 cm³/mol. The molecule has 0 saturated carbocycles. The smallest absolute Gasteiger partial charge is 0.257 e. The number of thiazole rings is 1. The zero-order valence-corrected chi connectivity index (χ0v) is 12.2. The van der Waals surface area contributed by atoms with Gasteiger partial charge in [-0.2, -0.15) is 0 Å². The molecule has 2 aromatic carbocycles. The van der Waals surface area contributed by atoms with Crippen molar-refractivity contribution in [3.05, 3.63) is 58.4 Å². The number of nitrogens with one attached hydrogen (secondary N) is 1. The molecule has 0 spiro atoms. The Morgan fingerprint density at radius 2 is 1.86 bits per heavy atom. The second kappa shape index (κ2) is 5.58. The summed E-state index contributed by atoms with van der Waals surface area (Å²) < 4.78 is 39.8. The van der Waals surface area contributed by atoms with Crippen molar-refractivity contribution in [2.24, 2.45) is 0 Å². The molecule has 0 radical (unpaired) electrons. The normalized spacial score (nSPS) is 10.9. The lowest BCUT2D eigenvalue weighted by atomic mass is 10.2. The summed E-state index contributed by atoms with van der Waals surface area (Å²) in [7, 11) is 0. The standard InChI is InChI=1S/C14H6ClF3N2OS/c15-7-5-6(1-2-8(7)16)13(21)20-14-19-10-4-3-9(17)11(18)12(10)22-14/h1-5H,(H,19,20,21). The van der Waals surface area contributed by atoms with Gasteiger partial charge in [0, 0.05) is 5.56 Å². The number of halogens is 4. The van der Waals surface area contributed by atoms with Crippen LogP contribution < -0.4 is 5.32 Å². The molecule has 8 heteroatoms. The molecule has 1 aromatic heterocycles. The van der Waals surface area contributed by atoms with Crippen LogP contribution in [-0.4, -0.2) is 10.9 Å². The van der Waals surface area contributed by atoms with Gasteiger partial charge in [0.1, 0.15) is 5.82 Å². The highest BCUT2D eigenvalue weighted by Crippen LogP contribution is 2.30. The molecule has 0 unspecified atom stereocenters. The summed E-state index contributed by atoms with van der Waals surface area (Å²) in [6.07, 6.45) is 0. The van der Waals surface area contributed by atoms with E-state index in [1.54, 1.807) is 0 Å². The Balaban J connectivity index is 1.90. The van der Waals surface area contributed by atoms with Crippen LogP contribution in [0.2, 0.25) is 5.02 Å². The summed E-state index contributed by atoms with van der Waals surface area (Å²) >= 11 is 6.41. The molecule has 1 N–H and O–H groups in total. The first-order valence-corrected chi connectivity index (χ1v) is 7.16. The van der Waals surface area contributed by atoms with E-state index < -0.39 is 23.4 Å². The molecule has 0 aliphatic carbocycles. The molecular formula is C14H6ClF3N2OS. The second-order valence-electron chi connectivity index (χ2n) is 4.31. The van der Waals surface area contributed by atoms with Crippen molar-refractivity contribution in [1.82, 2.24) is 4.98 Å². The molecule has 0 fully saturated rings. The minimum atomic E-state index is -1.01. The van der Waals surface area contributed by atoms with Crippen molar-refractivity contribution in [2.45, 2.75) is 0 Å².